The topological polar surface area (TPSA) is 475 Å². The van der Waals surface area contributed by atoms with Crippen LogP contribution in [0.5, 0.6) is 5.75 Å². The number of rotatable bonds is 31. The minimum atomic E-state index is -1.76. The lowest BCUT2D eigenvalue weighted by molar-refractivity contribution is -0.142. The number of imidazole rings is 1. The van der Waals surface area contributed by atoms with Gasteiger partial charge in [-0.05, 0) is 73.8 Å². The fourth-order valence-electron chi connectivity index (χ4n) is 9.79. The molecule has 2 aromatic carbocycles. The Balaban J connectivity index is 0.00000810. The van der Waals surface area contributed by atoms with Gasteiger partial charge < -0.3 is 90.1 Å². The van der Waals surface area contributed by atoms with Crippen LogP contribution in [-0.4, -0.2) is 182 Å². The number of carbonyl (C=O) groups is 11. The molecule has 2 aliphatic rings. The number of aromatic hydroxyl groups is 1. The number of likely N-dealkylation sites (tertiary alicyclic amines) is 1. The number of nitrogens with two attached hydrogens (primary N) is 3. The Morgan fingerprint density at radius 1 is 0.724 bits per heavy atom. The lowest BCUT2D eigenvalue weighted by Crippen LogP contribution is -2.60. The molecule has 4 aromatic rings. The van der Waals surface area contributed by atoms with E-state index in [9.17, 15) is 63.0 Å². The van der Waals surface area contributed by atoms with Crippen molar-refractivity contribution in [3.05, 3.63) is 84.1 Å². The van der Waals surface area contributed by atoms with Gasteiger partial charge in [0.05, 0.1) is 26.0 Å². The van der Waals surface area contributed by atoms with Crippen LogP contribution in [0, 0.1) is 5.92 Å². The zero-order valence-corrected chi connectivity index (χ0v) is 49.6. The third-order valence-corrected chi connectivity index (χ3v) is 14.1. The van der Waals surface area contributed by atoms with Gasteiger partial charge in [-0.1, -0.05) is 44.2 Å². The van der Waals surface area contributed by atoms with E-state index in [0.717, 1.165) is 0 Å². The van der Waals surface area contributed by atoms with E-state index in [0.29, 0.717) is 34.1 Å². The number of aliphatic hydroxyl groups is 1. The molecule has 474 valence electrons. The fourth-order valence-corrected chi connectivity index (χ4v) is 9.79. The molecular weight excluding hydrogens is 1180 g/mol. The van der Waals surface area contributed by atoms with Crippen molar-refractivity contribution in [2.24, 2.45) is 28.1 Å². The summed E-state index contributed by atoms with van der Waals surface area (Å²) in [5, 5.41) is 44.5. The van der Waals surface area contributed by atoms with Gasteiger partial charge in [-0.15, -0.1) is 24.8 Å². The van der Waals surface area contributed by atoms with Gasteiger partial charge in [0.25, 0.3) is 0 Å². The zero-order valence-electron chi connectivity index (χ0n) is 47.9. The number of hydrogen-bond acceptors (Lipinski definition) is 15. The number of guanidine groups is 1. The van der Waals surface area contributed by atoms with Crippen LogP contribution >= 0.6 is 24.8 Å². The number of nitrogens with zero attached hydrogens (tertiary/aromatic N) is 3. The molecule has 30 nitrogen and oxygen atoms in total. The number of aromatic nitrogens is 3. The smallest absolute Gasteiger partial charge is 0.245 e. The average Bonchev–Trinajstić information content (AvgIpc) is 3.12. The molecule has 8 atom stereocenters. The summed E-state index contributed by atoms with van der Waals surface area (Å²) in [7, 11) is 0. The lowest BCUT2D eigenvalue weighted by Gasteiger charge is -2.30. The Hall–Kier alpha value is -9.03. The van der Waals surface area contributed by atoms with Gasteiger partial charge in [-0.25, -0.2) is 4.98 Å². The van der Waals surface area contributed by atoms with Gasteiger partial charge in [-0.3, -0.25) is 57.7 Å². The third kappa shape index (κ3) is 21.5. The molecule has 0 saturated carbocycles. The van der Waals surface area contributed by atoms with Crippen molar-refractivity contribution in [2.45, 2.75) is 126 Å². The van der Waals surface area contributed by atoms with E-state index < -0.39 is 127 Å². The Bertz CT molecular complexity index is 3070. The molecule has 4 heterocycles. The molecule has 19 N–H and O–H groups in total. The maximum atomic E-state index is 14.4. The number of aliphatic hydroxyl groups excluding tert-OH is 1. The predicted molar refractivity (Wildman–Crippen MR) is 320 cm³/mol. The molecule has 2 fully saturated rings. The molecule has 0 unspecified atom stereocenters. The lowest BCUT2D eigenvalue weighted by atomic mass is 10.0. The molecule has 32 heteroatoms. The summed E-state index contributed by atoms with van der Waals surface area (Å²) in [4.78, 5) is 164. The van der Waals surface area contributed by atoms with Gasteiger partial charge in [0, 0.05) is 67.8 Å². The van der Waals surface area contributed by atoms with Crippen LogP contribution in [0.3, 0.4) is 0 Å². The highest BCUT2D eigenvalue weighted by Gasteiger charge is 2.39. The van der Waals surface area contributed by atoms with E-state index >= 15 is 0 Å². The first-order valence-electron chi connectivity index (χ1n) is 27.8. The third-order valence-electron chi connectivity index (χ3n) is 14.1. The number of fused-ring (bicyclic) bond motifs is 1. The van der Waals surface area contributed by atoms with Crippen LogP contribution in [0.25, 0.3) is 10.9 Å². The Morgan fingerprint density at radius 3 is 2.00 bits per heavy atom. The highest BCUT2D eigenvalue weighted by atomic mass is 35.5. The first kappa shape index (κ1) is 70.5. The molecule has 0 spiro atoms. The number of aromatic amines is 2. The second kappa shape index (κ2) is 34.2. The molecule has 0 radical (unpaired) electrons. The summed E-state index contributed by atoms with van der Waals surface area (Å²) in [6.07, 6.45) is 5.24. The molecule has 11 amide bonds. The van der Waals surface area contributed by atoms with Crippen LogP contribution < -0.4 is 65.1 Å². The maximum absolute atomic E-state index is 14.4. The van der Waals surface area contributed by atoms with Crippen LogP contribution in [0.1, 0.15) is 75.6 Å². The summed E-state index contributed by atoms with van der Waals surface area (Å²) < 4.78 is 0. The molecule has 2 aromatic heterocycles. The number of para-hydroxylation sites is 1. The molecular formula is C55H77Cl2N17O13. The van der Waals surface area contributed by atoms with Crippen molar-refractivity contribution in [1.82, 2.24) is 67.7 Å². The Labute approximate surface area is 512 Å². The van der Waals surface area contributed by atoms with E-state index in [1.807, 2.05) is 0 Å². The number of hydrogen-bond donors (Lipinski definition) is 16. The summed E-state index contributed by atoms with van der Waals surface area (Å²) in [6.45, 7) is 1.62. The number of H-pyrrole nitrogens is 2. The second-order valence-electron chi connectivity index (χ2n) is 21.2. The second-order valence-corrected chi connectivity index (χ2v) is 21.2. The number of primary amides is 1. The molecule has 0 aliphatic carbocycles. The number of amides is 11. The summed E-state index contributed by atoms with van der Waals surface area (Å²) >= 11 is 0. The molecule has 6 rings (SSSR count). The van der Waals surface area contributed by atoms with Crippen molar-refractivity contribution in [3.8, 4) is 5.75 Å². The van der Waals surface area contributed by atoms with Crippen molar-refractivity contribution in [2.75, 3.05) is 32.8 Å². The van der Waals surface area contributed by atoms with Crippen LogP contribution in [-0.2, 0) is 72.0 Å². The first-order valence-corrected chi connectivity index (χ1v) is 27.8. The number of nitrogens with one attached hydrogen (secondary N) is 11. The fraction of sp³-hybridized carbons (Fsp3) is 0.473. The molecule has 0 bridgehead atoms. The number of carbonyl (C=O) groups excluding carboxylic acids is 11. The van der Waals surface area contributed by atoms with Gasteiger partial charge in [0.15, 0.2) is 5.96 Å². The molecule has 2 saturated heterocycles. The van der Waals surface area contributed by atoms with Crippen molar-refractivity contribution in [3.63, 3.8) is 0 Å². The van der Waals surface area contributed by atoms with E-state index in [2.05, 4.69) is 67.8 Å². The highest BCUT2D eigenvalue weighted by molar-refractivity contribution is 5.99. The Morgan fingerprint density at radius 2 is 1.37 bits per heavy atom. The minimum absolute atomic E-state index is 0. The van der Waals surface area contributed by atoms with Crippen molar-refractivity contribution >= 4 is 107 Å². The van der Waals surface area contributed by atoms with Crippen LogP contribution in [0.4, 0.5) is 0 Å². The van der Waals surface area contributed by atoms with Crippen molar-refractivity contribution in [1.29, 1.82) is 0 Å². The summed E-state index contributed by atoms with van der Waals surface area (Å²) in [5.74, 6) is -8.86. The predicted octanol–water partition coefficient (Wildman–Crippen LogP) is -3.54. The van der Waals surface area contributed by atoms with Crippen molar-refractivity contribution < 1.29 is 63.0 Å². The monoisotopic (exact) mass is 1250 g/mol. The van der Waals surface area contributed by atoms with E-state index in [1.54, 1.807) is 44.3 Å². The van der Waals surface area contributed by atoms with Crippen LogP contribution in [0.2, 0.25) is 0 Å². The van der Waals surface area contributed by atoms with Crippen LogP contribution in [0.15, 0.2) is 72.2 Å². The summed E-state index contributed by atoms with van der Waals surface area (Å²) in [6, 6.07) is 2.37. The van der Waals surface area contributed by atoms with Gasteiger partial charge in [0.2, 0.25) is 65.0 Å². The number of halogens is 2. The summed E-state index contributed by atoms with van der Waals surface area (Å²) in [5.41, 5.74) is 18.3. The number of phenols is 1. The van der Waals surface area contributed by atoms with E-state index in [-0.39, 0.29) is 119 Å². The molecule has 87 heavy (non-hydrogen) atoms. The van der Waals surface area contributed by atoms with E-state index in [4.69, 9.17) is 17.2 Å². The highest BCUT2D eigenvalue weighted by Crippen LogP contribution is 2.22. The normalized spacial score (nSPS) is 16.4. The first-order chi connectivity index (χ1) is 40.6. The quantitative estimate of drug-likeness (QED) is 0.0132. The molecule has 2 aliphatic heterocycles. The largest absolute Gasteiger partial charge is 0.508 e. The number of aliphatic imine (C=N–C) groups is 1. The van der Waals surface area contributed by atoms with E-state index in [1.165, 1.54) is 41.7 Å². The number of phenolic OH excluding ortho intramolecular Hbond substituents is 1. The van der Waals surface area contributed by atoms with Gasteiger partial charge in [-0.2, -0.15) is 0 Å². The number of benzene rings is 2. The maximum Gasteiger partial charge on any atom is 0.245 e. The standard InChI is InChI=1S/C55H75N17O13.2ClH/c1-29(2)19-38(49(80)67-37(9-5-17-60-55(57)58)54(85)72-18-6-10-43(72)53(84)62-25-44(56)75)66-46(77)26-63-47(78)39(20-30-11-13-33(74)14-12-30)68-52(83)42(27-73)71-50(81)40(21-31-23-61-35-8-4-3-7-34(31)35)69-51(82)41(22-32-24-59-28-64-32)70-48(79)36-15-16-45(76)65-36;;/h3-4,7-8,11-14,23-24,28-29,36-43,61,73-74H,5-6,9-10,15-22,25-27H2,1-2H3,(H2,56,75)(H,59,64)(H,62,84)(H,63,78)(H,65,76)(H,66,77)(H,67,80)(H,68,83)(H,69,82)(H,70,79)(H,71,81)(H4,57,58,60);2*1H/t36-,37-,38-,39-,40-,41-,42-,43-;;/m0../s1. The van der Waals surface area contributed by atoms with Gasteiger partial charge in [0.1, 0.15) is 54.1 Å². The Kier molecular flexibility index (Phi) is 27.7. The van der Waals surface area contributed by atoms with Gasteiger partial charge >= 0.3 is 0 Å². The average molecular weight is 1260 g/mol. The SMILES string of the molecule is CC(C)C[C@H](NC(=O)CNC(=O)[C@H](Cc1ccc(O)cc1)NC(=O)[C@H](CO)NC(=O)[C@H](Cc1c[nH]c2ccccc12)NC(=O)[C@H](Cc1cnc[nH]1)NC(=O)[C@@H]1CCC(=O)N1)C(=O)N[C@@H](CCCN=C(N)N)C(=O)N1CCC[C@H]1C(=O)NCC(N)=O.Cl.Cl. The minimum Gasteiger partial charge on any atom is -0.508 e. The zero-order chi connectivity index (χ0) is 61.7.